The molecule has 1 aliphatic rings. The third kappa shape index (κ3) is 5.10. The van der Waals surface area contributed by atoms with E-state index in [0.717, 1.165) is 62.8 Å². The first-order chi connectivity index (χ1) is 13.1. The molecule has 6 heteroatoms. The van der Waals surface area contributed by atoms with Gasteiger partial charge in [-0.3, -0.25) is 9.69 Å². The summed E-state index contributed by atoms with van der Waals surface area (Å²) in [6.07, 6.45) is 2.32. The van der Waals surface area contributed by atoms with E-state index in [1.165, 1.54) is 11.1 Å². The van der Waals surface area contributed by atoms with Crippen molar-refractivity contribution in [3.05, 3.63) is 46.8 Å². The van der Waals surface area contributed by atoms with Gasteiger partial charge in [-0.2, -0.15) is 0 Å². The number of rotatable bonds is 6. The molecule has 2 heterocycles. The summed E-state index contributed by atoms with van der Waals surface area (Å²) in [5.41, 5.74) is 3.30. The van der Waals surface area contributed by atoms with Crippen LogP contribution in [0.5, 0.6) is 5.75 Å². The first kappa shape index (κ1) is 19.4. The molecule has 0 spiro atoms. The summed E-state index contributed by atoms with van der Waals surface area (Å²) in [5.74, 6) is 1.98. The normalized spacial score (nSPS) is 15.6. The minimum atomic E-state index is 0.241. The summed E-state index contributed by atoms with van der Waals surface area (Å²) in [5, 5.41) is 4.04. The zero-order chi connectivity index (χ0) is 19.2. The molecule has 1 amide bonds. The molecule has 6 nitrogen and oxygen atoms in total. The Morgan fingerprint density at radius 3 is 2.59 bits per heavy atom. The summed E-state index contributed by atoms with van der Waals surface area (Å²) in [4.78, 5) is 17.0. The Bertz CT molecular complexity index is 735. The number of carbonyl (C=O) groups excluding carboxylic acids is 1. The second kappa shape index (κ2) is 9.04. The van der Waals surface area contributed by atoms with E-state index < -0.39 is 0 Å². The molecule has 3 rings (SSSR count). The molecule has 0 radical (unpaired) electrons. The maximum Gasteiger partial charge on any atom is 0.222 e. The Hall–Kier alpha value is -2.34. The number of hydrogen-bond acceptors (Lipinski definition) is 5. The van der Waals surface area contributed by atoms with Gasteiger partial charge in [0.2, 0.25) is 5.91 Å². The van der Waals surface area contributed by atoms with Gasteiger partial charge < -0.3 is 14.2 Å². The van der Waals surface area contributed by atoms with E-state index in [1.54, 1.807) is 7.11 Å². The molecule has 1 fully saturated rings. The molecule has 1 aromatic carbocycles. The highest BCUT2D eigenvalue weighted by Gasteiger charge is 2.21. The van der Waals surface area contributed by atoms with Crippen LogP contribution in [-0.4, -0.2) is 54.2 Å². The number of carbonyl (C=O) groups is 1. The van der Waals surface area contributed by atoms with Crippen molar-refractivity contribution in [2.24, 2.45) is 0 Å². The molecule has 146 valence electrons. The van der Waals surface area contributed by atoms with Gasteiger partial charge in [0.15, 0.2) is 0 Å². The molecule has 0 bridgehead atoms. The SMILES string of the molecule is COc1ccc(CCC(=O)N2CCCN(Cc3c(C)noc3C)CC2)cc1. The summed E-state index contributed by atoms with van der Waals surface area (Å²) < 4.78 is 10.4. The molecular formula is C21H29N3O3. The molecule has 0 atom stereocenters. The number of ether oxygens (including phenoxy) is 1. The van der Waals surface area contributed by atoms with Crippen LogP contribution in [0, 0.1) is 13.8 Å². The van der Waals surface area contributed by atoms with Gasteiger partial charge in [-0.25, -0.2) is 0 Å². The van der Waals surface area contributed by atoms with E-state index in [9.17, 15) is 4.79 Å². The van der Waals surface area contributed by atoms with Crippen LogP contribution < -0.4 is 4.74 Å². The van der Waals surface area contributed by atoms with Crippen LogP contribution in [0.4, 0.5) is 0 Å². The van der Waals surface area contributed by atoms with Crippen LogP contribution in [0.1, 0.15) is 35.4 Å². The third-order valence-corrected chi connectivity index (χ3v) is 5.29. The van der Waals surface area contributed by atoms with Gasteiger partial charge in [0.05, 0.1) is 12.8 Å². The van der Waals surface area contributed by atoms with Gasteiger partial charge >= 0.3 is 0 Å². The monoisotopic (exact) mass is 371 g/mol. The topological polar surface area (TPSA) is 58.8 Å². The highest BCUT2D eigenvalue weighted by Crippen LogP contribution is 2.17. The van der Waals surface area contributed by atoms with Crippen LogP contribution in [0.25, 0.3) is 0 Å². The minimum Gasteiger partial charge on any atom is -0.497 e. The van der Waals surface area contributed by atoms with Crippen LogP contribution in [0.2, 0.25) is 0 Å². The van der Waals surface area contributed by atoms with Gasteiger partial charge in [-0.1, -0.05) is 17.3 Å². The molecule has 1 aliphatic heterocycles. The van der Waals surface area contributed by atoms with Crippen molar-refractivity contribution in [3.63, 3.8) is 0 Å². The average Bonchev–Trinajstić information content (AvgIpc) is 2.88. The first-order valence-corrected chi connectivity index (χ1v) is 9.61. The Morgan fingerprint density at radius 1 is 1.15 bits per heavy atom. The van der Waals surface area contributed by atoms with E-state index in [-0.39, 0.29) is 5.91 Å². The van der Waals surface area contributed by atoms with E-state index in [2.05, 4.69) is 10.1 Å². The molecule has 27 heavy (non-hydrogen) atoms. The third-order valence-electron chi connectivity index (χ3n) is 5.29. The maximum atomic E-state index is 12.6. The smallest absolute Gasteiger partial charge is 0.222 e. The number of benzene rings is 1. The van der Waals surface area contributed by atoms with Gasteiger partial charge in [0.1, 0.15) is 11.5 Å². The van der Waals surface area contributed by atoms with Crippen molar-refractivity contribution in [1.82, 2.24) is 15.0 Å². The summed E-state index contributed by atoms with van der Waals surface area (Å²) in [7, 11) is 1.66. The standard InChI is InChI=1S/C21H29N3O3/c1-16-20(17(2)27-22-16)15-23-11-4-12-24(14-13-23)21(25)10-7-18-5-8-19(26-3)9-6-18/h5-6,8-9H,4,7,10-15H2,1-3H3. The molecule has 1 aromatic heterocycles. The van der Waals surface area contributed by atoms with Gasteiger partial charge in [-0.15, -0.1) is 0 Å². The number of nitrogens with zero attached hydrogens (tertiary/aromatic N) is 3. The first-order valence-electron chi connectivity index (χ1n) is 9.61. The van der Waals surface area contributed by atoms with E-state index in [4.69, 9.17) is 9.26 Å². The van der Waals surface area contributed by atoms with Crippen molar-refractivity contribution in [3.8, 4) is 5.75 Å². The number of methoxy groups -OCH3 is 1. The van der Waals surface area contributed by atoms with Gasteiger partial charge in [-0.05, 0) is 44.4 Å². The Balaban J connectivity index is 1.48. The minimum absolute atomic E-state index is 0.241. The van der Waals surface area contributed by atoms with Crippen molar-refractivity contribution in [1.29, 1.82) is 0 Å². The summed E-state index contributed by atoms with van der Waals surface area (Å²) >= 11 is 0. The van der Waals surface area contributed by atoms with Crippen molar-refractivity contribution in [2.45, 2.75) is 39.7 Å². The van der Waals surface area contributed by atoms with Gasteiger partial charge in [0.25, 0.3) is 0 Å². The van der Waals surface area contributed by atoms with E-state index in [1.807, 2.05) is 43.0 Å². The number of amides is 1. The molecular weight excluding hydrogens is 342 g/mol. The fraction of sp³-hybridized carbons (Fsp3) is 0.524. The maximum absolute atomic E-state index is 12.6. The molecule has 0 aliphatic carbocycles. The summed E-state index contributed by atoms with van der Waals surface area (Å²) in [6, 6.07) is 7.94. The number of aryl methyl sites for hydroxylation is 3. The lowest BCUT2D eigenvalue weighted by molar-refractivity contribution is -0.131. The average molecular weight is 371 g/mol. The van der Waals surface area contributed by atoms with Crippen molar-refractivity contribution in [2.75, 3.05) is 33.3 Å². The highest BCUT2D eigenvalue weighted by atomic mass is 16.5. The number of hydrogen-bond donors (Lipinski definition) is 0. The lowest BCUT2D eigenvalue weighted by Crippen LogP contribution is -2.35. The van der Waals surface area contributed by atoms with Crippen molar-refractivity contribution < 1.29 is 14.1 Å². The number of aromatic nitrogens is 1. The Morgan fingerprint density at radius 2 is 1.93 bits per heavy atom. The predicted molar refractivity (Wildman–Crippen MR) is 104 cm³/mol. The molecule has 0 N–H and O–H groups in total. The quantitative estimate of drug-likeness (QED) is 0.781. The zero-order valence-electron chi connectivity index (χ0n) is 16.5. The van der Waals surface area contributed by atoms with Crippen LogP contribution in [-0.2, 0) is 17.8 Å². The van der Waals surface area contributed by atoms with Gasteiger partial charge in [0, 0.05) is 44.7 Å². The molecule has 1 saturated heterocycles. The lowest BCUT2D eigenvalue weighted by Gasteiger charge is -2.22. The Kier molecular flexibility index (Phi) is 6.50. The molecule has 0 unspecified atom stereocenters. The van der Waals surface area contributed by atoms with Crippen LogP contribution in [0.15, 0.2) is 28.8 Å². The molecule has 2 aromatic rings. The van der Waals surface area contributed by atoms with E-state index in [0.29, 0.717) is 6.42 Å². The fourth-order valence-electron chi connectivity index (χ4n) is 3.53. The van der Waals surface area contributed by atoms with Crippen molar-refractivity contribution >= 4 is 5.91 Å². The predicted octanol–water partition coefficient (Wildman–Crippen LogP) is 2.97. The lowest BCUT2D eigenvalue weighted by atomic mass is 10.1. The second-order valence-corrected chi connectivity index (χ2v) is 7.16. The fourth-order valence-corrected chi connectivity index (χ4v) is 3.53. The Labute approximate surface area is 161 Å². The van der Waals surface area contributed by atoms with Crippen LogP contribution in [0.3, 0.4) is 0 Å². The molecule has 0 saturated carbocycles. The zero-order valence-corrected chi connectivity index (χ0v) is 16.5. The largest absolute Gasteiger partial charge is 0.497 e. The second-order valence-electron chi connectivity index (χ2n) is 7.16. The summed E-state index contributed by atoms with van der Waals surface area (Å²) in [6.45, 7) is 8.28. The van der Waals surface area contributed by atoms with E-state index >= 15 is 0 Å². The highest BCUT2D eigenvalue weighted by molar-refractivity contribution is 5.76. The van der Waals surface area contributed by atoms with Crippen LogP contribution >= 0.6 is 0 Å².